The van der Waals surface area contributed by atoms with E-state index >= 15 is 0 Å². The Bertz CT molecular complexity index is 1060. The Morgan fingerprint density at radius 3 is 2.45 bits per heavy atom. The summed E-state index contributed by atoms with van der Waals surface area (Å²) in [5.41, 5.74) is 0.297. The molecule has 1 heterocycles. The molecule has 178 valence electrons. The van der Waals surface area contributed by atoms with Crippen LogP contribution in [0.3, 0.4) is 0 Å². The van der Waals surface area contributed by atoms with Gasteiger partial charge in [-0.05, 0) is 49.1 Å². The fourth-order valence-corrected chi connectivity index (χ4v) is 5.26. The first-order chi connectivity index (χ1) is 15.8. The number of sulfonamides is 1. The molecule has 2 amide bonds. The zero-order valence-corrected chi connectivity index (χ0v) is 18.9. The molecule has 3 rings (SSSR count). The van der Waals surface area contributed by atoms with E-state index in [4.69, 9.17) is 0 Å². The number of carbonyl (C=O) groups is 2. The zero-order chi connectivity index (χ0) is 23.8. The number of halogens is 2. The third-order valence-electron chi connectivity index (χ3n) is 5.50. The second-order valence-corrected chi connectivity index (χ2v) is 9.88. The zero-order valence-electron chi connectivity index (χ0n) is 18.1. The van der Waals surface area contributed by atoms with Crippen molar-refractivity contribution in [2.45, 2.75) is 37.1 Å². The van der Waals surface area contributed by atoms with Crippen LogP contribution in [0.15, 0.2) is 53.4 Å². The van der Waals surface area contributed by atoms with Crippen molar-refractivity contribution in [3.8, 4) is 0 Å². The van der Waals surface area contributed by atoms with Crippen LogP contribution >= 0.6 is 0 Å². The van der Waals surface area contributed by atoms with Crippen LogP contribution in [0.1, 0.15) is 31.2 Å². The van der Waals surface area contributed by atoms with Gasteiger partial charge >= 0.3 is 0 Å². The lowest BCUT2D eigenvalue weighted by Gasteiger charge is -2.22. The van der Waals surface area contributed by atoms with Crippen molar-refractivity contribution >= 4 is 21.8 Å². The molecule has 33 heavy (non-hydrogen) atoms. The molecule has 1 aliphatic heterocycles. The number of hydrogen-bond acceptors (Lipinski definition) is 4. The first-order valence-corrected chi connectivity index (χ1v) is 12.2. The summed E-state index contributed by atoms with van der Waals surface area (Å²) in [5, 5.41) is 5.41. The summed E-state index contributed by atoms with van der Waals surface area (Å²) < 4.78 is 54.1. The summed E-state index contributed by atoms with van der Waals surface area (Å²) >= 11 is 0. The number of nitrogens with one attached hydrogen (secondary N) is 2. The van der Waals surface area contributed by atoms with Crippen molar-refractivity contribution in [2.75, 3.05) is 19.6 Å². The quantitative estimate of drug-likeness (QED) is 0.689. The maximum Gasteiger partial charge on any atom is 0.243 e. The highest BCUT2D eigenvalue weighted by atomic mass is 32.2. The third-order valence-corrected chi connectivity index (χ3v) is 7.42. The van der Waals surface area contributed by atoms with Crippen molar-refractivity contribution in [1.29, 1.82) is 0 Å². The van der Waals surface area contributed by atoms with E-state index in [1.54, 1.807) is 18.2 Å². The summed E-state index contributed by atoms with van der Waals surface area (Å²) in [7, 11) is -3.78. The van der Waals surface area contributed by atoms with Gasteiger partial charge in [0.2, 0.25) is 21.8 Å². The van der Waals surface area contributed by atoms with Crippen LogP contribution in [0.4, 0.5) is 8.78 Å². The number of carbonyl (C=O) groups excluding carboxylic acids is 2. The highest BCUT2D eigenvalue weighted by Crippen LogP contribution is 2.19. The Balaban J connectivity index is 1.67. The number of hydrogen-bond donors (Lipinski definition) is 2. The number of rotatable bonds is 5. The van der Waals surface area contributed by atoms with Gasteiger partial charge in [0, 0.05) is 44.6 Å². The average Bonchev–Trinajstić information content (AvgIpc) is 2.82. The van der Waals surface area contributed by atoms with Crippen LogP contribution < -0.4 is 10.6 Å². The van der Waals surface area contributed by atoms with Crippen LogP contribution in [-0.2, 0) is 26.2 Å². The minimum absolute atomic E-state index is 0.0219. The Labute approximate surface area is 192 Å². The van der Waals surface area contributed by atoms with Gasteiger partial charge in [0.1, 0.15) is 11.6 Å². The number of benzene rings is 2. The largest absolute Gasteiger partial charge is 0.356 e. The fourth-order valence-electron chi connectivity index (χ4n) is 3.76. The molecule has 0 saturated carbocycles. The van der Waals surface area contributed by atoms with E-state index in [1.807, 2.05) is 0 Å². The predicted molar refractivity (Wildman–Crippen MR) is 118 cm³/mol. The molecule has 1 unspecified atom stereocenters. The lowest BCUT2D eigenvalue weighted by molar-refractivity contribution is -0.126. The highest BCUT2D eigenvalue weighted by molar-refractivity contribution is 7.89. The molecule has 2 N–H and O–H groups in total. The van der Waals surface area contributed by atoms with Gasteiger partial charge in [0.05, 0.1) is 4.90 Å². The van der Waals surface area contributed by atoms with Crippen LogP contribution in [0, 0.1) is 17.6 Å². The fraction of sp³-hybridized carbons (Fsp3) is 0.391. The maximum absolute atomic E-state index is 13.4. The molecule has 1 saturated heterocycles. The van der Waals surface area contributed by atoms with Gasteiger partial charge in [-0.25, -0.2) is 17.2 Å². The van der Waals surface area contributed by atoms with Gasteiger partial charge in [-0.1, -0.05) is 18.2 Å². The van der Waals surface area contributed by atoms with Crippen LogP contribution in [-0.4, -0.2) is 44.2 Å². The SMILES string of the molecule is O=C1CCN(S(=O)(=O)c2ccccc2)CCCC(C(=O)NCc2cc(F)cc(F)c2)CCN1. The van der Waals surface area contributed by atoms with Gasteiger partial charge in [0.15, 0.2) is 0 Å². The summed E-state index contributed by atoms with van der Waals surface area (Å²) in [4.78, 5) is 25.0. The van der Waals surface area contributed by atoms with E-state index in [0.717, 1.165) is 18.2 Å². The first kappa shape index (κ1) is 24.8. The topological polar surface area (TPSA) is 95.6 Å². The Kier molecular flexibility index (Phi) is 8.51. The second-order valence-electron chi connectivity index (χ2n) is 7.94. The maximum atomic E-state index is 13.4. The number of nitrogens with zero attached hydrogens (tertiary/aromatic N) is 1. The molecule has 2 aromatic carbocycles. The van der Waals surface area contributed by atoms with Crippen molar-refractivity contribution in [2.24, 2.45) is 5.92 Å². The molecule has 0 aliphatic carbocycles. The Morgan fingerprint density at radius 2 is 1.76 bits per heavy atom. The summed E-state index contributed by atoms with van der Waals surface area (Å²) in [6.45, 7) is 0.455. The smallest absolute Gasteiger partial charge is 0.243 e. The molecule has 1 fully saturated rings. The van der Waals surface area contributed by atoms with Crippen LogP contribution in [0.2, 0.25) is 0 Å². The molecule has 2 aromatic rings. The standard InChI is InChI=1S/C23H27F2N3O4S/c24-19-13-17(14-20(25)15-19)16-27-23(30)18-5-4-11-28(12-9-22(29)26-10-8-18)33(31,32)21-6-2-1-3-7-21/h1-3,6-7,13-15,18H,4-5,8-12,16H2,(H,26,29)(H,27,30). The van der Waals surface area contributed by atoms with E-state index in [2.05, 4.69) is 10.6 Å². The van der Waals surface area contributed by atoms with Crippen molar-refractivity contribution in [3.05, 3.63) is 65.7 Å². The van der Waals surface area contributed by atoms with E-state index < -0.39 is 27.6 Å². The average molecular weight is 480 g/mol. The lowest BCUT2D eigenvalue weighted by Crippen LogP contribution is -2.35. The molecule has 7 nitrogen and oxygen atoms in total. The molecular weight excluding hydrogens is 452 g/mol. The van der Waals surface area contributed by atoms with Crippen molar-refractivity contribution in [3.63, 3.8) is 0 Å². The lowest BCUT2D eigenvalue weighted by atomic mass is 9.98. The Hall–Kier alpha value is -2.85. The minimum Gasteiger partial charge on any atom is -0.356 e. The summed E-state index contributed by atoms with van der Waals surface area (Å²) in [6, 6.07) is 11.1. The van der Waals surface area contributed by atoms with Gasteiger partial charge in [-0.3, -0.25) is 9.59 Å². The monoisotopic (exact) mass is 479 g/mol. The molecule has 0 aromatic heterocycles. The third kappa shape index (κ3) is 7.06. The van der Waals surface area contributed by atoms with Gasteiger partial charge in [-0.2, -0.15) is 4.31 Å². The van der Waals surface area contributed by atoms with Crippen molar-refractivity contribution in [1.82, 2.24) is 14.9 Å². The van der Waals surface area contributed by atoms with Gasteiger partial charge in [0.25, 0.3) is 0 Å². The highest BCUT2D eigenvalue weighted by Gasteiger charge is 2.27. The molecule has 10 heteroatoms. The summed E-state index contributed by atoms with van der Waals surface area (Å²) in [5.74, 6) is -2.54. The van der Waals surface area contributed by atoms with Gasteiger partial charge in [-0.15, -0.1) is 0 Å². The molecule has 0 radical (unpaired) electrons. The second kappa shape index (κ2) is 11.3. The van der Waals surface area contributed by atoms with E-state index in [1.165, 1.54) is 16.4 Å². The number of amides is 2. The molecular formula is C23H27F2N3O4S. The van der Waals surface area contributed by atoms with E-state index in [-0.39, 0.29) is 49.3 Å². The van der Waals surface area contributed by atoms with E-state index in [0.29, 0.717) is 24.8 Å². The summed E-state index contributed by atoms with van der Waals surface area (Å²) in [6.07, 6.45) is 1.22. The van der Waals surface area contributed by atoms with E-state index in [9.17, 15) is 26.8 Å². The molecule has 1 aliphatic rings. The van der Waals surface area contributed by atoms with Crippen LogP contribution in [0.5, 0.6) is 0 Å². The first-order valence-electron chi connectivity index (χ1n) is 10.8. The van der Waals surface area contributed by atoms with Crippen molar-refractivity contribution < 1.29 is 26.8 Å². The van der Waals surface area contributed by atoms with Crippen LogP contribution in [0.25, 0.3) is 0 Å². The normalized spacial score (nSPS) is 18.7. The predicted octanol–water partition coefficient (Wildman–Crippen LogP) is 2.58. The Morgan fingerprint density at radius 1 is 1.06 bits per heavy atom. The molecule has 0 spiro atoms. The molecule has 0 bridgehead atoms. The minimum atomic E-state index is -3.78. The van der Waals surface area contributed by atoms with Gasteiger partial charge < -0.3 is 10.6 Å². The molecule has 1 atom stereocenters.